The first-order valence-corrected chi connectivity index (χ1v) is 5.02. The highest BCUT2D eigenvalue weighted by Gasteiger charge is 2.03. The van der Waals surface area contributed by atoms with Gasteiger partial charge in [-0.25, -0.2) is 4.39 Å². The van der Waals surface area contributed by atoms with Crippen LogP contribution in [0.15, 0.2) is 22.7 Å². The van der Waals surface area contributed by atoms with E-state index in [1.165, 1.54) is 6.07 Å². The highest BCUT2D eigenvalue weighted by molar-refractivity contribution is 9.10. The number of benzene rings is 1. The van der Waals surface area contributed by atoms with E-state index in [2.05, 4.69) is 15.9 Å². The molecule has 0 bridgehead atoms. The summed E-state index contributed by atoms with van der Waals surface area (Å²) in [6.45, 7) is 0. The summed E-state index contributed by atoms with van der Waals surface area (Å²) in [6.07, 6.45) is 1.18. The predicted octanol–water partition coefficient (Wildman–Crippen LogP) is 2.37. The van der Waals surface area contributed by atoms with Crippen LogP contribution in [0.4, 0.5) is 4.39 Å². The van der Waals surface area contributed by atoms with Crippen LogP contribution in [0.1, 0.15) is 12.0 Å². The van der Waals surface area contributed by atoms with Gasteiger partial charge in [-0.2, -0.15) is 5.26 Å². The Morgan fingerprint density at radius 2 is 2.29 bits per heavy atom. The van der Waals surface area contributed by atoms with E-state index in [0.29, 0.717) is 17.3 Å². The van der Waals surface area contributed by atoms with Crippen molar-refractivity contribution in [1.29, 1.82) is 5.26 Å². The van der Waals surface area contributed by atoms with Crippen LogP contribution in [-0.4, -0.2) is 6.04 Å². The molecule has 0 heterocycles. The Hall–Kier alpha value is -0.920. The van der Waals surface area contributed by atoms with Crippen LogP contribution < -0.4 is 5.73 Å². The van der Waals surface area contributed by atoms with Gasteiger partial charge in [0.05, 0.1) is 16.6 Å². The normalized spacial score (nSPS) is 12.1. The molecule has 0 aliphatic heterocycles. The van der Waals surface area contributed by atoms with Gasteiger partial charge in [-0.15, -0.1) is 0 Å². The highest BCUT2D eigenvalue weighted by Crippen LogP contribution is 2.17. The Balaban J connectivity index is 2.61. The SMILES string of the molecule is N#CC(N)CCc1ccc(Br)c(F)c1. The van der Waals surface area contributed by atoms with Crippen LogP contribution >= 0.6 is 15.9 Å². The molecule has 1 aromatic rings. The molecule has 0 amide bonds. The maximum Gasteiger partial charge on any atom is 0.137 e. The molecule has 0 aliphatic rings. The van der Waals surface area contributed by atoms with Crippen molar-refractivity contribution < 1.29 is 4.39 Å². The van der Waals surface area contributed by atoms with E-state index in [1.807, 2.05) is 12.1 Å². The minimum Gasteiger partial charge on any atom is -0.316 e. The molecule has 2 N–H and O–H groups in total. The molecule has 0 aromatic heterocycles. The molecule has 0 fully saturated rings. The van der Waals surface area contributed by atoms with Crippen molar-refractivity contribution >= 4 is 15.9 Å². The molecule has 0 radical (unpaired) electrons. The molecule has 0 saturated heterocycles. The molecule has 0 aliphatic carbocycles. The van der Waals surface area contributed by atoms with E-state index < -0.39 is 6.04 Å². The third-order valence-corrected chi connectivity index (χ3v) is 2.54. The number of halogens is 2. The second-order valence-corrected chi connectivity index (χ2v) is 3.88. The van der Waals surface area contributed by atoms with Crippen molar-refractivity contribution in [3.05, 3.63) is 34.1 Å². The Kier molecular flexibility index (Phi) is 4.05. The fourth-order valence-electron chi connectivity index (χ4n) is 1.08. The van der Waals surface area contributed by atoms with Crippen molar-refractivity contribution in [3.8, 4) is 6.07 Å². The summed E-state index contributed by atoms with van der Waals surface area (Å²) in [5.74, 6) is -0.284. The number of nitrogens with two attached hydrogens (primary N) is 1. The molecular formula is C10H10BrFN2. The van der Waals surface area contributed by atoms with Crippen molar-refractivity contribution in [1.82, 2.24) is 0 Å². The number of hydrogen-bond acceptors (Lipinski definition) is 2. The van der Waals surface area contributed by atoms with Gasteiger partial charge in [0.1, 0.15) is 5.82 Å². The summed E-state index contributed by atoms with van der Waals surface area (Å²) in [5.41, 5.74) is 6.28. The quantitative estimate of drug-likeness (QED) is 0.903. The summed E-state index contributed by atoms with van der Waals surface area (Å²) < 4.78 is 13.5. The van der Waals surface area contributed by atoms with E-state index >= 15 is 0 Å². The van der Waals surface area contributed by atoms with Crippen molar-refractivity contribution in [2.45, 2.75) is 18.9 Å². The Bertz CT molecular complexity index is 360. The number of rotatable bonds is 3. The monoisotopic (exact) mass is 256 g/mol. The fraction of sp³-hybridized carbons (Fsp3) is 0.300. The van der Waals surface area contributed by atoms with Crippen LogP contribution in [0, 0.1) is 17.1 Å². The third kappa shape index (κ3) is 3.09. The van der Waals surface area contributed by atoms with E-state index in [4.69, 9.17) is 11.0 Å². The lowest BCUT2D eigenvalue weighted by molar-refractivity contribution is 0.616. The van der Waals surface area contributed by atoms with Gasteiger partial charge in [-0.1, -0.05) is 6.07 Å². The number of nitrogens with zero attached hydrogens (tertiary/aromatic N) is 1. The molecule has 1 aromatic carbocycles. The van der Waals surface area contributed by atoms with E-state index in [0.717, 1.165) is 5.56 Å². The number of hydrogen-bond donors (Lipinski definition) is 1. The molecule has 1 unspecified atom stereocenters. The minimum absolute atomic E-state index is 0.284. The minimum atomic E-state index is -0.471. The first-order chi connectivity index (χ1) is 6.63. The van der Waals surface area contributed by atoms with Gasteiger partial charge >= 0.3 is 0 Å². The molecule has 0 saturated carbocycles. The second-order valence-electron chi connectivity index (χ2n) is 3.02. The van der Waals surface area contributed by atoms with Crippen LogP contribution in [0.5, 0.6) is 0 Å². The molecule has 0 spiro atoms. The molecule has 1 rings (SSSR count). The Morgan fingerprint density at radius 1 is 1.57 bits per heavy atom. The summed E-state index contributed by atoms with van der Waals surface area (Å²) in [4.78, 5) is 0. The maximum absolute atomic E-state index is 13.0. The number of aryl methyl sites for hydroxylation is 1. The smallest absolute Gasteiger partial charge is 0.137 e. The van der Waals surface area contributed by atoms with E-state index in [1.54, 1.807) is 6.07 Å². The highest BCUT2D eigenvalue weighted by atomic mass is 79.9. The average Bonchev–Trinajstić information content (AvgIpc) is 2.19. The standard InChI is InChI=1S/C10H10BrFN2/c11-9-4-2-7(5-10(9)12)1-3-8(14)6-13/h2,4-5,8H,1,3,14H2. The molecule has 14 heavy (non-hydrogen) atoms. The molecule has 1 atom stereocenters. The second kappa shape index (κ2) is 5.08. The Morgan fingerprint density at radius 3 is 2.86 bits per heavy atom. The van der Waals surface area contributed by atoms with Crippen LogP contribution in [0.2, 0.25) is 0 Å². The zero-order chi connectivity index (χ0) is 10.6. The lowest BCUT2D eigenvalue weighted by atomic mass is 10.1. The lowest BCUT2D eigenvalue weighted by Crippen LogP contribution is -2.17. The zero-order valence-corrected chi connectivity index (χ0v) is 9.09. The molecular weight excluding hydrogens is 247 g/mol. The van der Waals surface area contributed by atoms with Gasteiger partial charge in [0.2, 0.25) is 0 Å². The van der Waals surface area contributed by atoms with Crippen LogP contribution in [0.25, 0.3) is 0 Å². The van der Waals surface area contributed by atoms with Gasteiger partial charge in [-0.3, -0.25) is 0 Å². The Labute approximate surface area is 90.7 Å². The first-order valence-electron chi connectivity index (χ1n) is 4.22. The average molecular weight is 257 g/mol. The van der Waals surface area contributed by atoms with E-state index in [9.17, 15) is 4.39 Å². The van der Waals surface area contributed by atoms with Crippen molar-refractivity contribution in [2.75, 3.05) is 0 Å². The summed E-state index contributed by atoms with van der Waals surface area (Å²) in [7, 11) is 0. The fourth-order valence-corrected chi connectivity index (χ4v) is 1.33. The van der Waals surface area contributed by atoms with Crippen LogP contribution in [0.3, 0.4) is 0 Å². The molecule has 74 valence electrons. The van der Waals surface area contributed by atoms with Gasteiger partial charge in [0.15, 0.2) is 0 Å². The van der Waals surface area contributed by atoms with Gasteiger partial charge in [-0.05, 0) is 46.5 Å². The predicted molar refractivity (Wildman–Crippen MR) is 56.0 cm³/mol. The maximum atomic E-state index is 13.0. The summed E-state index contributed by atoms with van der Waals surface area (Å²) in [5, 5.41) is 8.45. The van der Waals surface area contributed by atoms with E-state index in [-0.39, 0.29) is 5.82 Å². The largest absolute Gasteiger partial charge is 0.316 e. The summed E-state index contributed by atoms with van der Waals surface area (Å²) in [6, 6.07) is 6.39. The molecule has 2 nitrogen and oxygen atoms in total. The lowest BCUT2D eigenvalue weighted by Gasteiger charge is -2.03. The van der Waals surface area contributed by atoms with Crippen LogP contribution in [-0.2, 0) is 6.42 Å². The van der Waals surface area contributed by atoms with Crippen molar-refractivity contribution in [2.24, 2.45) is 5.73 Å². The zero-order valence-electron chi connectivity index (χ0n) is 7.50. The topological polar surface area (TPSA) is 49.8 Å². The van der Waals surface area contributed by atoms with Gasteiger partial charge < -0.3 is 5.73 Å². The molecule has 4 heteroatoms. The van der Waals surface area contributed by atoms with Crippen molar-refractivity contribution in [3.63, 3.8) is 0 Å². The summed E-state index contributed by atoms with van der Waals surface area (Å²) >= 11 is 3.07. The van der Waals surface area contributed by atoms with Gasteiger partial charge in [0.25, 0.3) is 0 Å². The third-order valence-electron chi connectivity index (χ3n) is 1.89. The van der Waals surface area contributed by atoms with Gasteiger partial charge in [0, 0.05) is 0 Å². The number of nitriles is 1. The first kappa shape index (κ1) is 11.2.